The maximum Gasteiger partial charge on any atom is 0.262 e. The summed E-state index contributed by atoms with van der Waals surface area (Å²) in [5.74, 6) is -1.87. The van der Waals surface area contributed by atoms with E-state index in [2.05, 4.69) is 15.1 Å². The standard InChI is InChI=1S/C24H31N5O4/c25-9-14-27-10-5-24(6-11-27)7-12-28(13-8-24)16-1-2-17-18(15-16)23(33)29(22(17)32)19-3-4-20(30)26-21(19)31/h1-2,15,19H,3-14,25H2,(H,26,30,31). The smallest absolute Gasteiger partial charge is 0.262 e. The first-order valence-corrected chi connectivity index (χ1v) is 11.9. The lowest BCUT2D eigenvalue weighted by molar-refractivity contribution is -0.136. The van der Waals surface area contributed by atoms with Crippen LogP contribution in [0.1, 0.15) is 59.2 Å². The molecule has 0 aliphatic carbocycles. The quantitative estimate of drug-likeness (QED) is 0.646. The highest BCUT2D eigenvalue weighted by Gasteiger charge is 2.45. The molecular weight excluding hydrogens is 422 g/mol. The molecule has 3 N–H and O–H groups in total. The summed E-state index contributed by atoms with van der Waals surface area (Å²) in [6, 6.07) is 4.47. The average molecular weight is 454 g/mol. The van der Waals surface area contributed by atoms with Gasteiger partial charge < -0.3 is 15.5 Å². The van der Waals surface area contributed by atoms with Crippen LogP contribution in [0.5, 0.6) is 0 Å². The molecule has 0 bridgehead atoms. The second-order valence-electron chi connectivity index (χ2n) is 9.79. The Morgan fingerprint density at radius 2 is 1.61 bits per heavy atom. The third kappa shape index (κ3) is 3.93. The molecule has 4 heterocycles. The molecule has 1 spiro atoms. The number of anilines is 1. The lowest BCUT2D eigenvalue weighted by atomic mass is 9.71. The number of carbonyl (C=O) groups excluding carboxylic acids is 4. The first-order valence-electron chi connectivity index (χ1n) is 11.9. The number of nitrogens with zero attached hydrogens (tertiary/aromatic N) is 3. The number of likely N-dealkylation sites (tertiary alicyclic amines) is 1. The van der Waals surface area contributed by atoms with Gasteiger partial charge in [-0.3, -0.25) is 29.4 Å². The predicted molar refractivity (Wildman–Crippen MR) is 122 cm³/mol. The fourth-order valence-corrected chi connectivity index (χ4v) is 5.83. The highest BCUT2D eigenvalue weighted by atomic mass is 16.2. The summed E-state index contributed by atoms with van der Waals surface area (Å²) in [5.41, 5.74) is 7.71. The van der Waals surface area contributed by atoms with Gasteiger partial charge in [-0.1, -0.05) is 0 Å². The minimum absolute atomic E-state index is 0.120. The lowest BCUT2D eigenvalue weighted by Crippen LogP contribution is -2.54. The molecule has 0 radical (unpaired) electrons. The van der Waals surface area contributed by atoms with E-state index in [0.29, 0.717) is 23.1 Å². The lowest BCUT2D eigenvalue weighted by Gasteiger charge is -2.47. The first kappa shape index (κ1) is 22.0. The van der Waals surface area contributed by atoms with E-state index in [0.717, 1.165) is 56.2 Å². The number of hydrogen-bond acceptors (Lipinski definition) is 7. The van der Waals surface area contributed by atoms with Crippen LogP contribution in [0, 0.1) is 5.41 Å². The van der Waals surface area contributed by atoms with E-state index in [4.69, 9.17) is 5.73 Å². The highest BCUT2D eigenvalue weighted by Crippen LogP contribution is 2.42. The second-order valence-corrected chi connectivity index (χ2v) is 9.79. The molecule has 0 aromatic heterocycles. The third-order valence-corrected chi connectivity index (χ3v) is 7.97. The summed E-state index contributed by atoms with van der Waals surface area (Å²) in [5, 5.41) is 2.23. The molecule has 3 saturated heterocycles. The van der Waals surface area contributed by atoms with Crippen molar-refractivity contribution in [3.05, 3.63) is 29.3 Å². The van der Waals surface area contributed by atoms with Crippen molar-refractivity contribution in [3.63, 3.8) is 0 Å². The van der Waals surface area contributed by atoms with Gasteiger partial charge in [0, 0.05) is 38.3 Å². The SMILES string of the molecule is NCCN1CCC2(CC1)CCN(c1ccc3c(c1)C(=O)N(C1CCC(=O)NC1=O)C3=O)CC2. The number of nitrogens with two attached hydrogens (primary N) is 1. The largest absolute Gasteiger partial charge is 0.371 e. The Balaban J connectivity index is 1.27. The molecule has 9 nitrogen and oxygen atoms in total. The van der Waals surface area contributed by atoms with Gasteiger partial charge in [-0.25, -0.2) is 0 Å². The maximum absolute atomic E-state index is 13.1. The van der Waals surface area contributed by atoms with Crippen LogP contribution in [0.3, 0.4) is 0 Å². The highest BCUT2D eigenvalue weighted by molar-refractivity contribution is 6.23. The van der Waals surface area contributed by atoms with E-state index in [1.165, 1.54) is 12.8 Å². The number of piperidine rings is 3. The van der Waals surface area contributed by atoms with E-state index < -0.39 is 23.8 Å². The number of fused-ring (bicyclic) bond motifs is 1. The van der Waals surface area contributed by atoms with Crippen LogP contribution >= 0.6 is 0 Å². The molecule has 0 saturated carbocycles. The van der Waals surface area contributed by atoms with Crippen LogP contribution in [-0.2, 0) is 9.59 Å². The maximum atomic E-state index is 13.1. The Kier molecular flexibility index (Phi) is 5.70. The van der Waals surface area contributed by atoms with Gasteiger partial charge in [0.05, 0.1) is 11.1 Å². The van der Waals surface area contributed by atoms with E-state index in [-0.39, 0.29) is 18.7 Å². The van der Waals surface area contributed by atoms with E-state index in [9.17, 15) is 19.2 Å². The summed E-state index contributed by atoms with van der Waals surface area (Å²) in [6.07, 6.45) is 4.94. The fraction of sp³-hybridized carbons (Fsp3) is 0.583. The van der Waals surface area contributed by atoms with Crippen molar-refractivity contribution in [1.82, 2.24) is 15.1 Å². The predicted octanol–water partition coefficient (Wildman–Crippen LogP) is 0.729. The summed E-state index contributed by atoms with van der Waals surface area (Å²) in [4.78, 5) is 55.5. The molecule has 1 unspecified atom stereocenters. The van der Waals surface area contributed by atoms with Crippen LogP contribution < -0.4 is 16.0 Å². The van der Waals surface area contributed by atoms with Gasteiger partial charge in [0.15, 0.2) is 0 Å². The van der Waals surface area contributed by atoms with E-state index >= 15 is 0 Å². The number of nitrogens with one attached hydrogen (secondary N) is 1. The van der Waals surface area contributed by atoms with Crippen LogP contribution in [-0.4, -0.2) is 78.7 Å². The number of hydrogen-bond donors (Lipinski definition) is 2. The van der Waals surface area contributed by atoms with Gasteiger partial charge in [0.1, 0.15) is 6.04 Å². The first-order chi connectivity index (χ1) is 15.9. The Bertz CT molecular complexity index is 991. The molecule has 4 aliphatic heterocycles. The van der Waals surface area contributed by atoms with Gasteiger partial charge in [-0.05, 0) is 68.8 Å². The summed E-state index contributed by atoms with van der Waals surface area (Å²) < 4.78 is 0. The topological polar surface area (TPSA) is 116 Å². The van der Waals surface area contributed by atoms with Crippen molar-refractivity contribution in [1.29, 1.82) is 0 Å². The Morgan fingerprint density at radius 3 is 2.27 bits per heavy atom. The number of carbonyl (C=O) groups is 4. The van der Waals surface area contributed by atoms with E-state index in [1.54, 1.807) is 12.1 Å². The number of imide groups is 2. The zero-order valence-electron chi connectivity index (χ0n) is 18.8. The Morgan fingerprint density at radius 1 is 0.939 bits per heavy atom. The number of benzene rings is 1. The molecule has 3 fully saturated rings. The molecule has 4 amide bonds. The third-order valence-electron chi connectivity index (χ3n) is 7.97. The van der Waals surface area contributed by atoms with Crippen molar-refractivity contribution >= 4 is 29.3 Å². The summed E-state index contributed by atoms with van der Waals surface area (Å²) in [6.45, 7) is 5.76. The van der Waals surface area contributed by atoms with Gasteiger partial charge in [0.2, 0.25) is 11.8 Å². The zero-order valence-corrected chi connectivity index (χ0v) is 18.8. The van der Waals surface area contributed by atoms with Gasteiger partial charge in [-0.15, -0.1) is 0 Å². The minimum Gasteiger partial charge on any atom is -0.371 e. The molecule has 4 aliphatic rings. The zero-order chi connectivity index (χ0) is 23.2. The summed E-state index contributed by atoms with van der Waals surface area (Å²) in [7, 11) is 0. The van der Waals surface area contributed by atoms with Crippen LogP contribution in [0.25, 0.3) is 0 Å². The summed E-state index contributed by atoms with van der Waals surface area (Å²) >= 11 is 0. The fourth-order valence-electron chi connectivity index (χ4n) is 5.83. The Labute approximate surface area is 193 Å². The van der Waals surface area contributed by atoms with Crippen LogP contribution in [0.2, 0.25) is 0 Å². The molecule has 1 aromatic carbocycles. The molecular formula is C24H31N5O4. The minimum atomic E-state index is -0.932. The molecule has 1 aromatic rings. The van der Waals surface area contributed by atoms with Gasteiger partial charge in [0.25, 0.3) is 11.8 Å². The molecule has 9 heteroatoms. The van der Waals surface area contributed by atoms with Crippen molar-refractivity contribution in [2.24, 2.45) is 11.1 Å². The number of amides is 4. The number of rotatable bonds is 4. The normalized spacial score (nSPS) is 25.5. The van der Waals surface area contributed by atoms with Crippen molar-refractivity contribution < 1.29 is 19.2 Å². The average Bonchev–Trinajstić information content (AvgIpc) is 3.06. The van der Waals surface area contributed by atoms with Gasteiger partial charge >= 0.3 is 0 Å². The molecule has 5 rings (SSSR count). The molecule has 33 heavy (non-hydrogen) atoms. The van der Waals surface area contributed by atoms with Crippen molar-refractivity contribution in [2.45, 2.75) is 44.6 Å². The monoisotopic (exact) mass is 453 g/mol. The van der Waals surface area contributed by atoms with Gasteiger partial charge in [-0.2, -0.15) is 0 Å². The van der Waals surface area contributed by atoms with Crippen molar-refractivity contribution in [3.8, 4) is 0 Å². The second kappa shape index (κ2) is 8.53. The van der Waals surface area contributed by atoms with Crippen molar-refractivity contribution in [2.75, 3.05) is 44.2 Å². The van der Waals surface area contributed by atoms with Crippen LogP contribution in [0.15, 0.2) is 18.2 Å². The van der Waals surface area contributed by atoms with E-state index in [1.807, 2.05) is 6.07 Å². The molecule has 1 atom stereocenters. The Hall–Kier alpha value is -2.78. The molecule has 176 valence electrons. The van der Waals surface area contributed by atoms with Crippen LogP contribution in [0.4, 0.5) is 5.69 Å².